The van der Waals surface area contributed by atoms with Crippen LogP contribution in [0.4, 0.5) is 4.79 Å². The summed E-state index contributed by atoms with van der Waals surface area (Å²) >= 11 is 0. The average Bonchev–Trinajstić information content (AvgIpc) is 1.45. The normalized spacial score (nSPS) is 9.40. The quantitative estimate of drug-likeness (QED) is 0.128. The summed E-state index contributed by atoms with van der Waals surface area (Å²) in [5.74, 6) is 0. The van der Waals surface area contributed by atoms with Crippen LogP contribution >= 0.6 is 7.82 Å². The standard InChI is InChI=1S/CH4N2O.K.H3O4P.H2O4S.H/c2-1(3)4;;2*1-5(2,3)4;/h(H4,2,3,4);;(H3,1,2,3,4);(H2,1,2,3,4);/q;+1;;;-1. The van der Waals surface area contributed by atoms with E-state index in [1.165, 1.54) is 0 Å². The summed E-state index contributed by atoms with van der Waals surface area (Å²) < 4.78 is 40.5. The fourth-order valence-electron chi connectivity index (χ4n) is 0. The average molecular weight is 296 g/mol. The van der Waals surface area contributed by atoms with Crippen LogP contribution in [-0.4, -0.2) is 38.2 Å². The van der Waals surface area contributed by atoms with E-state index in [2.05, 4.69) is 11.5 Å². The second-order valence-corrected chi connectivity index (χ2v) is 3.29. The fourth-order valence-corrected chi connectivity index (χ4v) is 0. The Morgan fingerprint density at radius 2 is 1.13 bits per heavy atom. The third-order valence-electron chi connectivity index (χ3n) is 0. The van der Waals surface area contributed by atoms with Crippen molar-refractivity contribution in [2.24, 2.45) is 11.5 Å². The smallest absolute Gasteiger partial charge is 1.00 e. The first-order chi connectivity index (χ1) is 5.73. The number of urea groups is 1. The summed E-state index contributed by atoms with van der Waals surface area (Å²) in [6, 6.07) is -0.833. The van der Waals surface area contributed by atoms with Gasteiger partial charge in [0.15, 0.2) is 0 Å². The van der Waals surface area contributed by atoms with Crippen molar-refractivity contribution in [3.63, 3.8) is 0 Å². The summed E-state index contributed by atoms with van der Waals surface area (Å²) in [6.45, 7) is 0. The number of hydrogen-bond donors (Lipinski definition) is 7. The molecule has 0 aliphatic rings. The molecule has 0 aromatic carbocycles. The van der Waals surface area contributed by atoms with Crippen LogP contribution in [0.25, 0.3) is 0 Å². The van der Waals surface area contributed by atoms with Gasteiger partial charge in [0.25, 0.3) is 0 Å². The van der Waals surface area contributed by atoms with Crippen molar-refractivity contribution in [2.45, 2.75) is 0 Å². The minimum Gasteiger partial charge on any atom is -1.00 e. The van der Waals surface area contributed by atoms with Gasteiger partial charge in [-0.2, -0.15) is 8.42 Å². The predicted molar refractivity (Wildman–Crippen MR) is 43.3 cm³/mol. The molecule has 90 valence electrons. The number of hydrogen-bond acceptors (Lipinski definition) is 4. The SMILES string of the molecule is NC(N)=O.O=P(O)(O)O.O=S(=O)(O)O.[H-].[K+]. The van der Waals surface area contributed by atoms with Crippen LogP contribution in [0, 0.1) is 0 Å². The maximum atomic E-state index is 9.00. The molecule has 0 saturated carbocycles. The van der Waals surface area contributed by atoms with E-state index in [-0.39, 0.29) is 52.8 Å². The Hall–Kier alpha value is 0.886. The summed E-state index contributed by atoms with van der Waals surface area (Å²) in [5.41, 5.74) is 8.50. The first-order valence-electron chi connectivity index (χ1n) is 2.26. The van der Waals surface area contributed by atoms with Gasteiger partial charge in [-0.1, -0.05) is 0 Å². The van der Waals surface area contributed by atoms with Crippen LogP contribution in [0.2, 0.25) is 0 Å². The van der Waals surface area contributed by atoms with E-state index < -0.39 is 24.3 Å². The summed E-state index contributed by atoms with van der Waals surface area (Å²) in [4.78, 5) is 30.6. The van der Waals surface area contributed by atoms with Crippen molar-refractivity contribution in [3.05, 3.63) is 0 Å². The Bertz CT molecular complexity index is 278. The largest absolute Gasteiger partial charge is 1.00 e. The van der Waals surface area contributed by atoms with Gasteiger partial charge in [-0.3, -0.25) is 9.11 Å². The van der Waals surface area contributed by atoms with Gasteiger partial charge in [-0.25, -0.2) is 9.36 Å². The van der Waals surface area contributed by atoms with Crippen LogP contribution in [0.3, 0.4) is 0 Å². The molecule has 11 nitrogen and oxygen atoms in total. The number of carbonyl (C=O) groups excluding carboxylic acids is 1. The zero-order valence-electron chi connectivity index (χ0n) is 8.38. The van der Waals surface area contributed by atoms with Crippen LogP contribution in [0.15, 0.2) is 0 Å². The predicted octanol–water partition coefficient (Wildman–Crippen LogP) is -5.44. The number of nitrogens with two attached hydrogens (primary N) is 2. The molecule has 0 saturated heterocycles. The first kappa shape index (κ1) is 24.9. The Morgan fingerprint density at radius 3 is 1.13 bits per heavy atom. The Morgan fingerprint density at radius 1 is 1.13 bits per heavy atom. The van der Waals surface area contributed by atoms with Gasteiger partial charge in [0.05, 0.1) is 0 Å². The number of amides is 2. The van der Waals surface area contributed by atoms with E-state index in [4.69, 9.17) is 41.6 Å². The molecule has 9 N–H and O–H groups in total. The van der Waals surface area contributed by atoms with Crippen molar-refractivity contribution in [3.8, 4) is 0 Å². The molecular formula is CH10KN2O9PS. The third-order valence-corrected chi connectivity index (χ3v) is 0. The zero-order valence-corrected chi connectivity index (χ0v) is 12.2. The minimum atomic E-state index is -4.67. The summed E-state index contributed by atoms with van der Waals surface area (Å²) in [6.07, 6.45) is 0. The van der Waals surface area contributed by atoms with Gasteiger partial charge in [0, 0.05) is 0 Å². The fraction of sp³-hybridized carbons (Fsp3) is 0. The van der Waals surface area contributed by atoms with E-state index in [1.54, 1.807) is 0 Å². The van der Waals surface area contributed by atoms with Crippen LogP contribution in [0.1, 0.15) is 1.43 Å². The van der Waals surface area contributed by atoms with E-state index in [0.717, 1.165) is 0 Å². The van der Waals surface area contributed by atoms with E-state index >= 15 is 0 Å². The van der Waals surface area contributed by atoms with Gasteiger partial charge in [0.2, 0.25) is 0 Å². The van der Waals surface area contributed by atoms with Gasteiger partial charge in [-0.05, 0) is 0 Å². The molecule has 15 heavy (non-hydrogen) atoms. The molecule has 0 atom stereocenters. The number of primary amides is 2. The monoisotopic (exact) mass is 296 g/mol. The second-order valence-electron chi connectivity index (χ2n) is 1.36. The van der Waals surface area contributed by atoms with Gasteiger partial charge in [0.1, 0.15) is 0 Å². The van der Waals surface area contributed by atoms with Crippen molar-refractivity contribution in [1.29, 1.82) is 0 Å². The molecule has 14 heteroatoms. The second kappa shape index (κ2) is 11.4. The molecule has 0 fully saturated rings. The van der Waals surface area contributed by atoms with Crippen LogP contribution in [0.5, 0.6) is 0 Å². The molecule has 0 aromatic rings. The molecule has 0 aliphatic heterocycles. The van der Waals surface area contributed by atoms with E-state index in [1.807, 2.05) is 0 Å². The molecule has 0 radical (unpaired) electrons. The number of rotatable bonds is 0. The third kappa shape index (κ3) is 3150. The number of carbonyl (C=O) groups is 1. The molecule has 0 spiro atoms. The van der Waals surface area contributed by atoms with Gasteiger partial charge >= 0.3 is 75.6 Å². The minimum absolute atomic E-state index is 0. The van der Waals surface area contributed by atoms with Crippen LogP contribution < -0.4 is 62.9 Å². The Kier molecular flexibility index (Phi) is 18.9. The zero-order chi connectivity index (χ0) is 12.6. The van der Waals surface area contributed by atoms with Gasteiger partial charge in [-0.15, -0.1) is 0 Å². The van der Waals surface area contributed by atoms with Gasteiger partial charge < -0.3 is 27.6 Å². The molecular weight excluding hydrogens is 286 g/mol. The first-order valence-corrected chi connectivity index (χ1v) is 5.22. The molecule has 0 rings (SSSR count). The molecule has 0 aromatic heterocycles. The molecule has 0 bridgehead atoms. The van der Waals surface area contributed by atoms with Crippen molar-refractivity contribution < 1.29 is 94.4 Å². The maximum absolute atomic E-state index is 9.00. The molecule has 2 amide bonds. The van der Waals surface area contributed by atoms with Crippen molar-refractivity contribution >= 4 is 24.3 Å². The van der Waals surface area contributed by atoms with Crippen LogP contribution in [-0.2, 0) is 15.0 Å². The summed E-state index contributed by atoms with van der Waals surface area (Å²) in [5, 5.41) is 0. The molecule has 0 unspecified atom stereocenters. The van der Waals surface area contributed by atoms with Crippen molar-refractivity contribution in [2.75, 3.05) is 0 Å². The summed E-state index contributed by atoms with van der Waals surface area (Å²) in [7, 11) is -9.31. The Labute approximate surface area is 129 Å². The number of phosphoric acid groups is 1. The van der Waals surface area contributed by atoms with E-state index in [9.17, 15) is 0 Å². The van der Waals surface area contributed by atoms with E-state index in [0.29, 0.717) is 0 Å². The molecule has 0 aliphatic carbocycles. The van der Waals surface area contributed by atoms with Crippen molar-refractivity contribution in [1.82, 2.24) is 0 Å². The Balaban J connectivity index is -0.0000000358. The maximum Gasteiger partial charge on any atom is 1.00 e. The topological polar surface area (TPSA) is 221 Å². The molecule has 0 heterocycles.